The summed E-state index contributed by atoms with van der Waals surface area (Å²) in [5, 5.41) is 2.69. The van der Waals surface area contributed by atoms with Crippen LogP contribution in [0.1, 0.15) is 12.5 Å². The normalized spacial score (nSPS) is 14.6. The van der Waals surface area contributed by atoms with Crippen LogP contribution in [0.4, 0.5) is 15.8 Å². The predicted molar refractivity (Wildman–Crippen MR) is 88.7 cm³/mol. The fourth-order valence-corrected chi connectivity index (χ4v) is 2.60. The van der Waals surface area contributed by atoms with Gasteiger partial charge < -0.3 is 10.1 Å². The highest BCUT2D eigenvalue weighted by atomic mass is 19.1. The van der Waals surface area contributed by atoms with E-state index in [0.29, 0.717) is 17.1 Å². The maximum atomic E-state index is 12.9. The molecular weight excluding hydrogens is 311 g/mol. The molecule has 1 aliphatic heterocycles. The van der Waals surface area contributed by atoms with Crippen LogP contribution in [0, 0.1) is 12.7 Å². The van der Waals surface area contributed by atoms with E-state index >= 15 is 0 Å². The summed E-state index contributed by atoms with van der Waals surface area (Å²) in [4.78, 5) is 26.2. The zero-order valence-corrected chi connectivity index (χ0v) is 13.4. The fourth-order valence-electron chi connectivity index (χ4n) is 2.60. The maximum Gasteiger partial charge on any atom is 0.265 e. The highest BCUT2D eigenvalue weighted by molar-refractivity contribution is 6.06. The maximum absolute atomic E-state index is 12.9. The summed E-state index contributed by atoms with van der Waals surface area (Å²) in [7, 11) is 0. The van der Waals surface area contributed by atoms with Gasteiger partial charge in [0.2, 0.25) is 5.91 Å². The van der Waals surface area contributed by atoms with Gasteiger partial charge in [0.25, 0.3) is 5.91 Å². The SMILES string of the molecule is Cc1ccc2c(c1)N(C(C)C(=O)Nc1ccc(F)cc1)C(=O)CO2. The van der Waals surface area contributed by atoms with Gasteiger partial charge in [-0.25, -0.2) is 4.39 Å². The number of aryl methyl sites for hydroxylation is 1. The summed E-state index contributed by atoms with van der Waals surface area (Å²) < 4.78 is 18.4. The smallest absolute Gasteiger partial charge is 0.265 e. The second-order valence-electron chi connectivity index (χ2n) is 5.70. The molecule has 1 N–H and O–H groups in total. The lowest BCUT2D eigenvalue weighted by Gasteiger charge is -2.33. The van der Waals surface area contributed by atoms with Gasteiger partial charge in [0.1, 0.15) is 17.6 Å². The largest absolute Gasteiger partial charge is 0.482 e. The molecule has 1 unspecified atom stereocenters. The Labute approximate surface area is 139 Å². The van der Waals surface area contributed by atoms with Gasteiger partial charge in [-0.05, 0) is 55.8 Å². The Morgan fingerprint density at radius 1 is 1.25 bits per heavy atom. The quantitative estimate of drug-likeness (QED) is 0.942. The van der Waals surface area contributed by atoms with Gasteiger partial charge >= 0.3 is 0 Å². The number of anilines is 2. The van der Waals surface area contributed by atoms with Gasteiger partial charge in [-0.15, -0.1) is 0 Å². The third kappa shape index (κ3) is 3.08. The zero-order chi connectivity index (χ0) is 17.3. The number of fused-ring (bicyclic) bond motifs is 1. The van der Waals surface area contributed by atoms with Crippen molar-refractivity contribution in [2.24, 2.45) is 0 Å². The molecule has 24 heavy (non-hydrogen) atoms. The number of nitrogens with zero attached hydrogens (tertiary/aromatic N) is 1. The molecule has 0 fully saturated rings. The van der Waals surface area contributed by atoms with Crippen LogP contribution in [0.3, 0.4) is 0 Å². The molecular formula is C18H17FN2O3. The molecule has 1 heterocycles. The van der Waals surface area contributed by atoms with Crippen LogP contribution in [-0.2, 0) is 9.59 Å². The Morgan fingerprint density at radius 3 is 2.67 bits per heavy atom. The molecule has 6 heteroatoms. The second-order valence-corrected chi connectivity index (χ2v) is 5.70. The Bertz CT molecular complexity index is 789. The van der Waals surface area contributed by atoms with Crippen molar-refractivity contribution in [3.05, 3.63) is 53.8 Å². The Balaban J connectivity index is 1.84. The number of nitrogens with one attached hydrogen (secondary N) is 1. The Morgan fingerprint density at radius 2 is 1.96 bits per heavy atom. The van der Waals surface area contributed by atoms with E-state index < -0.39 is 6.04 Å². The molecule has 1 aliphatic rings. The highest BCUT2D eigenvalue weighted by Gasteiger charge is 2.33. The van der Waals surface area contributed by atoms with E-state index in [9.17, 15) is 14.0 Å². The standard InChI is InChI=1S/C18H17FN2O3/c1-11-3-8-16-15(9-11)21(17(22)10-24-16)12(2)18(23)20-14-6-4-13(19)5-7-14/h3-9,12H,10H2,1-2H3,(H,20,23). The summed E-state index contributed by atoms with van der Waals surface area (Å²) in [6, 6.07) is 10.2. The van der Waals surface area contributed by atoms with Crippen molar-refractivity contribution < 1.29 is 18.7 Å². The summed E-state index contributed by atoms with van der Waals surface area (Å²) in [5.41, 5.74) is 2.01. The summed E-state index contributed by atoms with van der Waals surface area (Å²) in [6.45, 7) is 3.44. The Hall–Kier alpha value is -2.89. The number of benzene rings is 2. The summed E-state index contributed by atoms with van der Waals surface area (Å²) in [5.74, 6) is -0.449. The van der Waals surface area contributed by atoms with Crippen LogP contribution in [-0.4, -0.2) is 24.5 Å². The van der Waals surface area contributed by atoms with Crippen LogP contribution in [0.5, 0.6) is 5.75 Å². The second kappa shape index (κ2) is 6.31. The van der Waals surface area contributed by atoms with Gasteiger partial charge in [0, 0.05) is 5.69 Å². The van der Waals surface area contributed by atoms with Gasteiger partial charge in [0.05, 0.1) is 5.69 Å². The molecule has 0 aromatic heterocycles. The minimum absolute atomic E-state index is 0.107. The molecule has 3 rings (SSSR count). The van der Waals surface area contributed by atoms with Crippen LogP contribution < -0.4 is 15.0 Å². The molecule has 0 bridgehead atoms. The lowest BCUT2D eigenvalue weighted by Crippen LogP contribution is -2.49. The number of rotatable bonds is 3. The van der Waals surface area contributed by atoms with Crippen LogP contribution >= 0.6 is 0 Å². The number of hydrogen-bond donors (Lipinski definition) is 1. The first-order valence-corrected chi connectivity index (χ1v) is 7.57. The van der Waals surface area contributed by atoms with Crippen molar-refractivity contribution in [1.82, 2.24) is 0 Å². The number of carbonyl (C=O) groups is 2. The van der Waals surface area contributed by atoms with E-state index in [4.69, 9.17) is 4.74 Å². The van der Waals surface area contributed by atoms with Gasteiger partial charge in [-0.3, -0.25) is 14.5 Å². The number of amides is 2. The fraction of sp³-hybridized carbons (Fsp3) is 0.222. The molecule has 2 aromatic rings. The third-order valence-corrected chi connectivity index (χ3v) is 3.87. The molecule has 124 valence electrons. The van der Waals surface area contributed by atoms with Gasteiger partial charge in [0.15, 0.2) is 6.61 Å². The summed E-state index contributed by atoms with van der Waals surface area (Å²) in [6.07, 6.45) is 0. The lowest BCUT2D eigenvalue weighted by atomic mass is 10.1. The first-order chi connectivity index (χ1) is 11.5. The van der Waals surface area contributed by atoms with Crippen LogP contribution in [0.25, 0.3) is 0 Å². The minimum Gasteiger partial charge on any atom is -0.482 e. The third-order valence-electron chi connectivity index (χ3n) is 3.87. The average Bonchev–Trinajstić information content (AvgIpc) is 2.56. The zero-order valence-electron chi connectivity index (χ0n) is 13.4. The molecule has 2 aromatic carbocycles. The van der Waals surface area contributed by atoms with E-state index in [1.807, 2.05) is 19.1 Å². The van der Waals surface area contributed by atoms with E-state index in [1.165, 1.54) is 29.2 Å². The molecule has 0 spiro atoms. The van der Waals surface area contributed by atoms with Crippen molar-refractivity contribution in [2.45, 2.75) is 19.9 Å². The molecule has 5 nitrogen and oxygen atoms in total. The Kier molecular flexibility index (Phi) is 4.20. The van der Waals surface area contributed by atoms with E-state index in [1.54, 1.807) is 13.0 Å². The van der Waals surface area contributed by atoms with E-state index in [0.717, 1.165) is 5.56 Å². The van der Waals surface area contributed by atoms with Crippen molar-refractivity contribution in [3.63, 3.8) is 0 Å². The first kappa shape index (κ1) is 16.0. The van der Waals surface area contributed by atoms with Crippen molar-refractivity contribution in [2.75, 3.05) is 16.8 Å². The van der Waals surface area contributed by atoms with Crippen molar-refractivity contribution >= 4 is 23.2 Å². The van der Waals surface area contributed by atoms with Gasteiger partial charge in [-0.2, -0.15) is 0 Å². The lowest BCUT2D eigenvalue weighted by molar-refractivity contribution is -0.125. The number of halogens is 1. The minimum atomic E-state index is -0.730. The molecule has 0 aliphatic carbocycles. The highest BCUT2D eigenvalue weighted by Crippen LogP contribution is 2.34. The molecule has 0 saturated heterocycles. The first-order valence-electron chi connectivity index (χ1n) is 7.57. The number of ether oxygens (including phenoxy) is 1. The van der Waals surface area contributed by atoms with E-state index in [-0.39, 0.29) is 24.2 Å². The molecule has 2 amide bonds. The van der Waals surface area contributed by atoms with Crippen molar-refractivity contribution in [3.8, 4) is 5.75 Å². The topological polar surface area (TPSA) is 58.6 Å². The van der Waals surface area contributed by atoms with Gasteiger partial charge in [-0.1, -0.05) is 6.07 Å². The number of carbonyl (C=O) groups excluding carboxylic acids is 2. The summed E-state index contributed by atoms with van der Waals surface area (Å²) >= 11 is 0. The van der Waals surface area contributed by atoms with Crippen molar-refractivity contribution in [1.29, 1.82) is 0 Å². The predicted octanol–water partition coefficient (Wildman–Crippen LogP) is 2.89. The average molecular weight is 328 g/mol. The number of hydrogen-bond acceptors (Lipinski definition) is 3. The monoisotopic (exact) mass is 328 g/mol. The van der Waals surface area contributed by atoms with Crippen LogP contribution in [0.15, 0.2) is 42.5 Å². The molecule has 0 radical (unpaired) electrons. The van der Waals surface area contributed by atoms with Crippen LogP contribution in [0.2, 0.25) is 0 Å². The van der Waals surface area contributed by atoms with E-state index in [2.05, 4.69) is 5.32 Å². The molecule has 0 saturated carbocycles. The molecule has 1 atom stereocenters.